The van der Waals surface area contributed by atoms with E-state index in [1.54, 1.807) is 0 Å². The lowest BCUT2D eigenvalue weighted by Crippen LogP contribution is -2.20. The summed E-state index contributed by atoms with van der Waals surface area (Å²) in [7, 11) is 0. The predicted octanol–water partition coefficient (Wildman–Crippen LogP) is 2.95. The summed E-state index contributed by atoms with van der Waals surface area (Å²) < 4.78 is 0. The van der Waals surface area contributed by atoms with Crippen LogP contribution in [0.1, 0.15) is 12.0 Å². The fraction of sp³-hybridized carbons (Fsp3) is 0.312. The van der Waals surface area contributed by atoms with Gasteiger partial charge in [-0.1, -0.05) is 24.3 Å². The van der Waals surface area contributed by atoms with E-state index < -0.39 is 0 Å². The molecule has 0 bridgehead atoms. The number of rotatable bonds is 2. The van der Waals surface area contributed by atoms with Gasteiger partial charge in [-0.25, -0.2) is 0 Å². The standard InChI is InChI=1S/C16H16N2O.ClH/c17-9-13-5-6-16(15-4-2-1-3-14(13)15)18-8-7-12(10-18)11-19;/h1-6,12,19H,7-8,10-11H2;1H. The molecule has 0 saturated carbocycles. The highest BCUT2D eigenvalue weighted by atomic mass is 35.5. The van der Waals surface area contributed by atoms with Gasteiger partial charge in [-0.05, 0) is 18.6 Å². The molecule has 0 aliphatic carbocycles. The van der Waals surface area contributed by atoms with Gasteiger partial charge >= 0.3 is 0 Å². The van der Waals surface area contributed by atoms with Crippen molar-refractivity contribution in [1.82, 2.24) is 0 Å². The molecule has 0 amide bonds. The van der Waals surface area contributed by atoms with Crippen LogP contribution in [0, 0.1) is 17.2 Å². The van der Waals surface area contributed by atoms with Crippen molar-refractivity contribution in [2.24, 2.45) is 5.92 Å². The van der Waals surface area contributed by atoms with Gasteiger partial charge in [-0.2, -0.15) is 5.26 Å². The number of nitriles is 1. The van der Waals surface area contributed by atoms with E-state index in [2.05, 4.69) is 17.0 Å². The van der Waals surface area contributed by atoms with E-state index in [4.69, 9.17) is 0 Å². The predicted molar refractivity (Wildman–Crippen MR) is 83.3 cm³/mol. The van der Waals surface area contributed by atoms with Gasteiger partial charge in [0.2, 0.25) is 0 Å². The van der Waals surface area contributed by atoms with E-state index in [1.807, 2.05) is 30.3 Å². The molecular weight excluding hydrogens is 272 g/mol. The number of nitrogens with zero attached hydrogens (tertiary/aromatic N) is 2. The maximum atomic E-state index is 9.26. The van der Waals surface area contributed by atoms with Crippen LogP contribution in [0.5, 0.6) is 0 Å². The van der Waals surface area contributed by atoms with E-state index in [0.29, 0.717) is 5.92 Å². The first kappa shape index (κ1) is 14.6. The van der Waals surface area contributed by atoms with Crippen molar-refractivity contribution in [2.75, 3.05) is 24.6 Å². The highest BCUT2D eigenvalue weighted by Crippen LogP contribution is 2.32. The molecule has 1 unspecified atom stereocenters. The maximum absolute atomic E-state index is 9.26. The Morgan fingerprint density at radius 2 is 1.95 bits per heavy atom. The Balaban J connectivity index is 0.00000147. The van der Waals surface area contributed by atoms with Crippen molar-refractivity contribution in [1.29, 1.82) is 5.26 Å². The monoisotopic (exact) mass is 288 g/mol. The van der Waals surface area contributed by atoms with Crippen LogP contribution in [0.4, 0.5) is 5.69 Å². The van der Waals surface area contributed by atoms with Gasteiger partial charge in [0.05, 0.1) is 11.6 Å². The molecule has 1 aliphatic heterocycles. The number of fused-ring (bicyclic) bond motifs is 1. The number of aliphatic hydroxyl groups is 1. The van der Waals surface area contributed by atoms with Gasteiger partial charge < -0.3 is 10.0 Å². The van der Waals surface area contributed by atoms with Crippen LogP contribution in [0.25, 0.3) is 10.8 Å². The minimum Gasteiger partial charge on any atom is -0.396 e. The van der Waals surface area contributed by atoms with Crippen LogP contribution in [0.2, 0.25) is 0 Å². The third-order valence-electron chi connectivity index (χ3n) is 3.91. The molecular formula is C16H17ClN2O. The molecule has 0 aromatic heterocycles. The van der Waals surface area contributed by atoms with Crippen molar-refractivity contribution in [3.8, 4) is 6.07 Å². The van der Waals surface area contributed by atoms with E-state index in [0.717, 1.165) is 35.8 Å². The van der Waals surface area contributed by atoms with E-state index in [-0.39, 0.29) is 19.0 Å². The lowest BCUT2D eigenvalue weighted by Gasteiger charge is -2.21. The highest BCUT2D eigenvalue weighted by molar-refractivity contribution is 5.97. The quantitative estimate of drug-likeness (QED) is 0.924. The number of benzene rings is 2. The van der Waals surface area contributed by atoms with Crippen LogP contribution >= 0.6 is 12.4 Å². The Hall–Kier alpha value is -1.76. The summed E-state index contributed by atoms with van der Waals surface area (Å²) >= 11 is 0. The number of hydrogen-bond acceptors (Lipinski definition) is 3. The Bertz CT molecular complexity index is 650. The van der Waals surface area contributed by atoms with Gasteiger partial charge in [0, 0.05) is 42.1 Å². The summed E-state index contributed by atoms with van der Waals surface area (Å²) in [6, 6.07) is 14.2. The first-order chi connectivity index (χ1) is 9.33. The molecule has 104 valence electrons. The number of hydrogen-bond donors (Lipinski definition) is 1. The molecule has 20 heavy (non-hydrogen) atoms. The summed E-state index contributed by atoms with van der Waals surface area (Å²) in [6.45, 7) is 2.12. The van der Waals surface area contributed by atoms with Crippen LogP contribution in [-0.4, -0.2) is 24.8 Å². The zero-order valence-electron chi connectivity index (χ0n) is 11.1. The van der Waals surface area contributed by atoms with Gasteiger partial charge in [0.1, 0.15) is 0 Å². The molecule has 4 heteroatoms. The van der Waals surface area contributed by atoms with Gasteiger partial charge in [0.15, 0.2) is 0 Å². The lowest BCUT2D eigenvalue weighted by atomic mass is 10.0. The Kier molecular flexibility index (Phi) is 4.49. The Morgan fingerprint density at radius 3 is 2.60 bits per heavy atom. The van der Waals surface area contributed by atoms with Gasteiger partial charge in [0.25, 0.3) is 0 Å². The molecule has 0 radical (unpaired) electrons. The Labute approximate surface area is 124 Å². The van der Waals surface area contributed by atoms with Crippen LogP contribution in [0.3, 0.4) is 0 Å². The third-order valence-corrected chi connectivity index (χ3v) is 3.91. The van der Waals surface area contributed by atoms with Crippen molar-refractivity contribution in [2.45, 2.75) is 6.42 Å². The minimum atomic E-state index is 0. The fourth-order valence-electron chi connectivity index (χ4n) is 2.86. The molecule has 3 rings (SSSR count). The topological polar surface area (TPSA) is 47.3 Å². The van der Waals surface area contributed by atoms with Crippen LogP contribution < -0.4 is 4.90 Å². The van der Waals surface area contributed by atoms with Gasteiger partial charge in [-0.15, -0.1) is 12.4 Å². The summed E-state index contributed by atoms with van der Waals surface area (Å²) in [5.74, 6) is 0.370. The zero-order valence-corrected chi connectivity index (χ0v) is 11.9. The SMILES string of the molecule is Cl.N#Cc1ccc(N2CCC(CO)C2)c2ccccc12. The summed E-state index contributed by atoms with van der Waals surface area (Å²) in [5, 5.41) is 20.6. The first-order valence-corrected chi connectivity index (χ1v) is 6.61. The van der Waals surface area contributed by atoms with E-state index in [9.17, 15) is 10.4 Å². The average molecular weight is 289 g/mol. The summed E-state index contributed by atoms with van der Waals surface area (Å²) in [5.41, 5.74) is 1.89. The maximum Gasteiger partial charge on any atom is 0.0998 e. The second-order valence-electron chi connectivity index (χ2n) is 5.07. The van der Waals surface area contributed by atoms with E-state index >= 15 is 0 Å². The number of aliphatic hydroxyl groups excluding tert-OH is 1. The second-order valence-corrected chi connectivity index (χ2v) is 5.07. The molecule has 2 aromatic carbocycles. The molecule has 3 nitrogen and oxygen atoms in total. The minimum absolute atomic E-state index is 0. The van der Waals surface area contributed by atoms with Gasteiger partial charge in [-0.3, -0.25) is 0 Å². The van der Waals surface area contributed by atoms with Crippen molar-refractivity contribution < 1.29 is 5.11 Å². The van der Waals surface area contributed by atoms with Crippen LogP contribution in [0.15, 0.2) is 36.4 Å². The van der Waals surface area contributed by atoms with Crippen LogP contribution in [-0.2, 0) is 0 Å². The van der Waals surface area contributed by atoms with Crippen molar-refractivity contribution in [3.05, 3.63) is 42.0 Å². The zero-order chi connectivity index (χ0) is 13.2. The highest BCUT2D eigenvalue weighted by Gasteiger charge is 2.23. The Morgan fingerprint density at radius 1 is 1.20 bits per heavy atom. The molecule has 1 atom stereocenters. The third kappa shape index (κ3) is 2.45. The molecule has 1 heterocycles. The largest absolute Gasteiger partial charge is 0.396 e. The molecule has 0 spiro atoms. The van der Waals surface area contributed by atoms with Crippen molar-refractivity contribution >= 4 is 28.9 Å². The molecule has 1 N–H and O–H groups in total. The van der Waals surface area contributed by atoms with E-state index in [1.165, 1.54) is 5.69 Å². The molecule has 1 saturated heterocycles. The summed E-state index contributed by atoms with van der Waals surface area (Å²) in [4.78, 5) is 2.31. The normalized spacial score (nSPS) is 17.8. The fourth-order valence-corrected chi connectivity index (χ4v) is 2.86. The molecule has 1 fully saturated rings. The smallest absolute Gasteiger partial charge is 0.0998 e. The van der Waals surface area contributed by atoms with Crippen molar-refractivity contribution in [3.63, 3.8) is 0 Å². The molecule has 2 aromatic rings. The molecule has 1 aliphatic rings. The second kappa shape index (κ2) is 6.13. The first-order valence-electron chi connectivity index (χ1n) is 6.61. The summed E-state index contributed by atoms with van der Waals surface area (Å²) in [6.07, 6.45) is 1.03. The number of anilines is 1. The number of halogens is 1. The average Bonchev–Trinajstić information content (AvgIpc) is 2.95. The lowest BCUT2D eigenvalue weighted by molar-refractivity contribution is 0.238.